The summed E-state index contributed by atoms with van der Waals surface area (Å²) in [5, 5.41) is 10.5. The number of ether oxygens (including phenoxy) is 3. The molecule has 0 radical (unpaired) electrons. The highest BCUT2D eigenvalue weighted by Gasteiger charge is 2.42. The minimum atomic E-state index is -0.496. The van der Waals surface area contributed by atoms with E-state index in [2.05, 4.69) is 30.3 Å². The number of hydrazone groups is 1. The van der Waals surface area contributed by atoms with Crippen molar-refractivity contribution < 1.29 is 14.2 Å². The summed E-state index contributed by atoms with van der Waals surface area (Å²) in [6.45, 7) is 0. The Bertz CT molecular complexity index is 1490. The van der Waals surface area contributed by atoms with Gasteiger partial charge in [-0.3, -0.25) is 0 Å². The molecular formula is C28H22Cl2N2O3. The summed E-state index contributed by atoms with van der Waals surface area (Å²) >= 11 is 13.0. The number of benzene rings is 4. The van der Waals surface area contributed by atoms with E-state index in [0.717, 1.165) is 22.4 Å². The van der Waals surface area contributed by atoms with Crippen molar-refractivity contribution in [3.05, 3.63) is 99.5 Å². The molecule has 4 aromatic carbocycles. The summed E-state index contributed by atoms with van der Waals surface area (Å²) in [4.78, 5) is 0. The van der Waals surface area contributed by atoms with Crippen molar-refractivity contribution in [1.82, 2.24) is 5.01 Å². The smallest absolute Gasteiger partial charge is 0.214 e. The molecule has 0 N–H and O–H groups in total. The van der Waals surface area contributed by atoms with E-state index in [9.17, 15) is 0 Å². The summed E-state index contributed by atoms with van der Waals surface area (Å²) in [5.74, 6) is 1.90. The molecule has 4 aromatic rings. The van der Waals surface area contributed by atoms with Gasteiger partial charge >= 0.3 is 0 Å². The Balaban J connectivity index is 1.47. The summed E-state index contributed by atoms with van der Waals surface area (Å²) in [6, 6.07) is 24.1. The van der Waals surface area contributed by atoms with Gasteiger partial charge in [0.1, 0.15) is 5.75 Å². The molecular weight excluding hydrogens is 483 g/mol. The zero-order valence-electron chi connectivity index (χ0n) is 19.2. The van der Waals surface area contributed by atoms with Crippen molar-refractivity contribution >= 4 is 39.7 Å². The van der Waals surface area contributed by atoms with Crippen LogP contribution in [0.2, 0.25) is 10.0 Å². The largest absolute Gasteiger partial charge is 0.493 e. The average molecular weight is 505 g/mol. The van der Waals surface area contributed by atoms with Gasteiger partial charge in [0.05, 0.1) is 31.0 Å². The molecule has 0 saturated carbocycles. The normalized spacial score (nSPS) is 18.5. The highest BCUT2D eigenvalue weighted by molar-refractivity contribution is 6.35. The van der Waals surface area contributed by atoms with E-state index in [1.807, 2.05) is 41.4 Å². The third-order valence-corrected chi connectivity index (χ3v) is 7.08. The van der Waals surface area contributed by atoms with Crippen molar-refractivity contribution in [2.75, 3.05) is 14.2 Å². The molecule has 5 nitrogen and oxygen atoms in total. The standard InChI is InChI=1S/C28H22Cl2N2O3/c1-33-25-10-9-19(12-26(25)34-2)28-32-24(21-13-20(29)14-22(30)27(21)35-28)15-23(31-32)18-8-7-16-5-3-4-6-17(16)11-18/h3-14,24,28H,15H2,1-2H3/t24-,28+/m0/s1. The predicted molar refractivity (Wildman–Crippen MR) is 139 cm³/mol. The Kier molecular flexibility index (Phi) is 5.47. The lowest BCUT2D eigenvalue weighted by atomic mass is 9.95. The van der Waals surface area contributed by atoms with E-state index in [1.165, 1.54) is 10.8 Å². The molecule has 0 unspecified atom stereocenters. The molecule has 7 heteroatoms. The molecule has 2 aliphatic rings. The van der Waals surface area contributed by atoms with Gasteiger partial charge in [-0.05, 0) is 52.7 Å². The Morgan fingerprint density at radius 2 is 1.69 bits per heavy atom. The highest BCUT2D eigenvalue weighted by Crippen LogP contribution is 2.51. The minimum absolute atomic E-state index is 0.0745. The number of hydrogen-bond acceptors (Lipinski definition) is 5. The Morgan fingerprint density at radius 1 is 0.886 bits per heavy atom. The van der Waals surface area contributed by atoms with Crippen LogP contribution < -0.4 is 14.2 Å². The first-order chi connectivity index (χ1) is 17.1. The molecule has 6 rings (SSSR count). The van der Waals surface area contributed by atoms with E-state index in [4.69, 9.17) is 42.5 Å². The zero-order valence-corrected chi connectivity index (χ0v) is 20.7. The quantitative estimate of drug-likeness (QED) is 0.290. The van der Waals surface area contributed by atoms with Crippen LogP contribution >= 0.6 is 23.2 Å². The maximum atomic E-state index is 6.61. The predicted octanol–water partition coefficient (Wildman–Crippen LogP) is 7.41. The molecule has 2 heterocycles. The van der Waals surface area contributed by atoms with Crippen molar-refractivity contribution in [3.8, 4) is 17.2 Å². The topological polar surface area (TPSA) is 43.3 Å². The molecule has 0 bridgehead atoms. The summed E-state index contributed by atoms with van der Waals surface area (Å²) in [6.07, 6.45) is 0.207. The molecule has 176 valence electrons. The van der Waals surface area contributed by atoms with Gasteiger partial charge in [0.25, 0.3) is 0 Å². The second-order valence-electron chi connectivity index (χ2n) is 8.60. The van der Waals surface area contributed by atoms with Crippen LogP contribution in [0.5, 0.6) is 17.2 Å². The van der Waals surface area contributed by atoms with Crippen LogP contribution in [-0.2, 0) is 0 Å². The lowest BCUT2D eigenvalue weighted by molar-refractivity contribution is -0.0190. The zero-order chi connectivity index (χ0) is 24.1. The first-order valence-electron chi connectivity index (χ1n) is 11.3. The molecule has 0 spiro atoms. The number of fused-ring (bicyclic) bond motifs is 4. The molecule has 0 amide bonds. The van der Waals surface area contributed by atoms with Crippen LogP contribution in [0.4, 0.5) is 0 Å². The van der Waals surface area contributed by atoms with Gasteiger partial charge in [-0.1, -0.05) is 59.6 Å². The molecule has 0 fully saturated rings. The molecule has 0 saturated heterocycles. The van der Waals surface area contributed by atoms with E-state index in [1.54, 1.807) is 20.3 Å². The minimum Gasteiger partial charge on any atom is -0.493 e. The van der Waals surface area contributed by atoms with E-state index < -0.39 is 6.23 Å². The fourth-order valence-corrected chi connectivity index (χ4v) is 5.44. The fourth-order valence-electron chi connectivity index (χ4n) is 4.88. The lowest BCUT2D eigenvalue weighted by Gasteiger charge is -2.38. The first kappa shape index (κ1) is 22.1. The van der Waals surface area contributed by atoms with Gasteiger partial charge in [-0.15, -0.1) is 0 Å². The monoisotopic (exact) mass is 504 g/mol. The number of rotatable bonds is 4. The molecule has 0 aliphatic carbocycles. The maximum absolute atomic E-state index is 6.61. The third-order valence-electron chi connectivity index (χ3n) is 6.58. The lowest BCUT2D eigenvalue weighted by Crippen LogP contribution is -2.33. The molecule has 0 aromatic heterocycles. The van der Waals surface area contributed by atoms with Crippen LogP contribution in [0, 0.1) is 0 Å². The van der Waals surface area contributed by atoms with Gasteiger partial charge in [0.15, 0.2) is 11.5 Å². The Labute approximate surface area is 213 Å². The number of methoxy groups -OCH3 is 2. The molecule has 2 aliphatic heterocycles. The number of halogens is 2. The summed E-state index contributed by atoms with van der Waals surface area (Å²) in [7, 11) is 3.23. The van der Waals surface area contributed by atoms with Gasteiger partial charge in [-0.2, -0.15) is 5.10 Å². The van der Waals surface area contributed by atoms with Crippen molar-refractivity contribution in [3.63, 3.8) is 0 Å². The second-order valence-corrected chi connectivity index (χ2v) is 9.44. The summed E-state index contributed by atoms with van der Waals surface area (Å²) in [5.41, 5.74) is 3.88. The average Bonchev–Trinajstić information content (AvgIpc) is 3.33. The van der Waals surface area contributed by atoms with Crippen molar-refractivity contribution in [2.24, 2.45) is 5.10 Å². The Hall–Kier alpha value is -3.41. The van der Waals surface area contributed by atoms with Crippen molar-refractivity contribution in [2.45, 2.75) is 18.7 Å². The van der Waals surface area contributed by atoms with E-state index in [0.29, 0.717) is 33.7 Å². The highest BCUT2D eigenvalue weighted by atomic mass is 35.5. The van der Waals surface area contributed by atoms with Gasteiger partial charge < -0.3 is 14.2 Å². The Morgan fingerprint density at radius 3 is 2.49 bits per heavy atom. The SMILES string of the molecule is COc1ccc([C@H]2Oc3c(Cl)cc(Cl)cc3[C@@H]3CC(c4ccc5ccccc5c4)=NN23)cc1OC. The second kappa shape index (κ2) is 8.67. The molecule has 35 heavy (non-hydrogen) atoms. The molecule has 2 atom stereocenters. The van der Waals surface area contributed by atoms with Crippen LogP contribution in [0.25, 0.3) is 10.8 Å². The van der Waals surface area contributed by atoms with E-state index in [-0.39, 0.29) is 6.04 Å². The third kappa shape index (κ3) is 3.76. The van der Waals surface area contributed by atoms with Gasteiger partial charge in [0, 0.05) is 22.6 Å². The first-order valence-corrected chi connectivity index (χ1v) is 12.0. The van der Waals surface area contributed by atoms with Gasteiger partial charge in [0.2, 0.25) is 6.23 Å². The van der Waals surface area contributed by atoms with Crippen LogP contribution in [0.1, 0.15) is 35.4 Å². The number of hydrogen-bond donors (Lipinski definition) is 0. The van der Waals surface area contributed by atoms with Crippen molar-refractivity contribution in [1.29, 1.82) is 0 Å². The van der Waals surface area contributed by atoms with E-state index >= 15 is 0 Å². The maximum Gasteiger partial charge on any atom is 0.214 e. The van der Waals surface area contributed by atoms with Crippen LogP contribution in [-0.4, -0.2) is 24.9 Å². The van der Waals surface area contributed by atoms with Crippen LogP contribution in [0.15, 0.2) is 77.9 Å². The van der Waals surface area contributed by atoms with Gasteiger partial charge in [-0.25, -0.2) is 5.01 Å². The number of nitrogens with zero attached hydrogens (tertiary/aromatic N) is 2. The summed E-state index contributed by atoms with van der Waals surface area (Å²) < 4.78 is 17.4. The fraction of sp³-hybridized carbons (Fsp3) is 0.179. The van der Waals surface area contributed by atoms with Crippen LogP contribution in [0.3, 0.4) is 0 Å².